The Balaban J connectivity index is 1.69. The number of hydrogen-bond donors (Lipinski definition) is 2. The molecule has 0 unspecified atom stereocenters. The Morgan fingerprint density at radius 1 is 1.09 bits per heavy atom. The fourth-order valence-corrected chi connectivity index (χ4v) is 6.74. The summed E-state index contributed by atoms with van der Waals surface area (Å²) in [7, 11) is -3.74. The van der Waals surface area contributed by atoms with E-state index in [0.29, 0.717) is 31.3 Å². The number of H-pyrrole nitrogens is 1. The van der Waals surface area contributed by atoms with Gasteiger partial charge in [-0.1, -0.05) is 0 Å². The van der Waals surface area contributed by atoms with Crippen LogP contribution in [-0.2, 0) is 14.6 Å². The van der Waals surface area contributed by atoms with Crippen LogP contribution in [0.25, 0.3) is 10.9 Å². The Kier molecular flexibility index (Phi) is 6.61. The first-order valence-corrected chi connectivity index (χ1v) is 13.1. The van der Waals surface area contributed by atoms with Gasteiger partial charge in [0.05, 0.1) is 24.5 Å². The Bertz CT molecular complexity index is 1400. The molecule has 7 nitrogen and oxygen atoms in total. The molecule has 32 heavy (non-hydrogen) atoms. The maximum Gasteiger partial charge on any atom is 0.313 e. The maximum absolute atomic E-state index is 13.1. The van der Waals surface area contributed by atoms with Crippen molar-refractivity contribution >= 4 is 70.3 Å². The van der Waals surface area contributed by atoms with Crippen LogP contribution >= 0.6 is 43.6 Å². The van der Waals surface area contributed by atoms with E-state index in [9.17, 15) is 13.2 Å². The normalized spacial score (nSPS) is 11.6. The molecule has 2 heterocycles. The van der Waals surface area contributed by atoms with E-state index in [4.69, 9.17) is 9.84 Å². The number of ether oxygens (including phenoxy) is 1. The van der Waals surface area contributed by atoms with E-state index in [-0.39, 0.29) is 15.5 Å². The number of rotatable bonds is 7. The van der Waals surface area contributed by atoms with Gasteiger partial charge in [-0.25, -0.2) is 8.42 Å². The molecule has 0 radical (unpaired) electrons. The van der Waals surface area contributed by atoms with Crippen molar-refractivity contribution in [1.82, 2.24) is 9.97 Å². The van der Waals surface area contributed by atoms with Gasteiger partial charge >= 0.3 is 5.97 Å². The summed E-state index contributed by atoms with van der Waals surface area (Å²) in [5, 5.41) is 9.37. The lowest BCUT2D eigenvalue weighted by Gasteiger charge is -2.12. The number of aromatic amines is 1. The number of thioether (sulfide) groups is 1. The van der Waals surface area contributed by atoms with Crippen LogP contribution in [-0.4, -0.2) is 35.2 Å². The molecule has 0 saturated carbocycles. The first-order valence-electron chi connectivity index (χ1n) is 9.03. The van der Waals surface area contributed by atoms with Gasteiger partial charge in [0.15, 0.2) is 5.75 Å². The number of fused-ring (bicyclic) bond motifs is 1. The SMILES string of the molecule is O=C(O)CSc1cc(Br)c(Oc2ccc3[nH]cc(S(=O)(=O)c4ccncc4)c3c2)c(Br)c1. The predicted molar refractivity (Wildman–Crippen MR) is 128 cm³/mol. The van der Waals surface area contributed by atoms with Gasteiger partial charge in [0.25, 0.3) is 0 Å². The zero-order valence-electron chi connectivity index (χ0n) is 16.1. The molecule has 0 amide bonds. The fraction of sp³-hybridized carbons (Fsp3) is 0.0476. The van der Waals surface area contributed by atoms with Gasteiger partial charge in [0.1, 0.15) is 5.75 Å². The molecule has 2 aromatic heterocycles. The van der Waals surface area contributed by atoms with Crippen molar-refractivity contribution in [2.45, 2.75) is 14.7 Å². The van der Waals surface area contributed by atoms with Gasteiger partial charge in [-0.2, -0.15) is 0 Å². The lowest BCUT2D eigenvalue weighted by Crippen LogP contribution is -2.01. The summed E-state index contributed by atoms with van der Waals surface area (Å²) < 4.78 is 33.5. The van der Waals surface area contributed by atoms with Gasteiger partial charge < -0.3 is 14.8 Å². The van der Waals surface area contributed by atoms with Crippen LogP contribution in [0.4, 0.5) is 0 Å². The van der Waals surface area contributed by atoms with Crippen molar-refractivity contribution < 1.29 is 23.1 Å². The number of nitrogens with zero attached hydrogens (tertiary/aromatic N) is 1. The number of sulfone groups is 1. The molecular formula is C21H14Br2N2O5S2. The molecule has 0 bridgehead atoms. The Labute approximate surface area is 204 Å². The highest BCUT2D eigenvalue weighted by Gasteiger charge is 2.22. The Morgan fingerprint density at radius 3 is 2.44 bits per heavy atom. The van der Waals surface area contributed by atoms with E-state index in [1.807, 2.05) is 0 Å². The number of carbonyl (C=O) groups is 1. The first-order chi connectivity index (χ1) is 15.3. The zero-order valence-corrected chi connectivity index (χ0v) is 20.9. The molecule has 0 saturated heterocycles. The van der Waals surface area contributed by atoms with Gasteiger partial charge in [-0.15, -0.1) is 11.8 Å². The molecule has 4 rings (SSSR count). The van der Waals surface area contributed by atoms with Crippen LogP contribution in [0.2, 0.25) is 0 Å². The van der Waals surface area contributed by atoms with E-state index in [0.717, 1.165) is 4.90 Å². The summed E-state index contributed by atoms with van der Waals surface area (Å²) in [6, 6.07) is 11.6. The second kappa shape index (κ2) is 9.26. The fourth-order valence-electron chi connectivity index (χ4n) is 2.98. The summed E-state index contributed by atoms with van der Waals surface area (Å²) in [4.78, 5) is 18.7. The molecule has 4 aromatic rings. The molecule has 0 aliphatic rings. The third-order valence-corrected chi connectivity index (χ3v) is 8.37. The van der Waals surface area contributed by atoms with Crippen LogP contribution < -0.4 is 4.74 Å². The number of aliphatic carboxylic acids is 1. The summed E-state index contributed by atoms with van der Waals surface area (Å²) in [5.74, 6) is -0.0357. The van der Waals surface area contributed by atoms with Crippen molar-refractivity contribution in [3.8, 4) is 11.5 Å². The van der Waals surface area contributed by atoms with E-state index in [1.165, 1.54) is 42.5 Å². The van der Waals surface area contributed by atoms with Crippen LogP contribution in [0.1, 0.15) is 0 Å². The van der Waals surface area contributed by atoms with Gasteiger partial charge in [0.2, 0.25) is 9.84 Å². The van der Waals surface area contributed by atoms with Gasteiger partial charge in [-0.05, 0) is 74.3 Å². The number of carboxylic acids is 1. The average Bonchev–Trinajstić information content (AvgIpc) is 3.19. The molecule has 2 aromatic carbocycles. The topological polar surface area (TPSA) is 109 Å². The van der Waals surface area contributed by atoms with E-state index < -0.39 is 15.8 Å². The summed E-state index contributed by atoms with van der Waals surface area (Å²) in [6.45, 7) is 0. The molecule has 0 fully saturated rings. The summed E-state index contributed by atoms with van der Waals surface area (Å²) >= 11 is 8.10. The van der Waals surface area contributed by atoms with E-state index in [1.54, 1.807) is 30.3 Å². The lowest BCUT2D eigenvalue weighted by atomic mass is 10.2. The first kappa shape index (κ1) is 22.8. The Morgan fingerprint density at radius 2 is 1.78 bits per heavy atom. The van der Waals surface area contributed by atoms with Crippen LogP contribution in [0.3, 0.4) is 0 Å². The minimum absolute atomic E-state index is 0.0576. The van der Waals surface area contributed by atoms with Crippen LogP contribution in [0, 0.1) is 0 Å². The molecule has 0 spiro atoms. The largest absolute Gasteiger partial charge is 0.481 e. The standard InChI is InChI=1S/C21H14Br2N2O5S2/c22-16-8-13(31-11-20(26)27)9-17(23)21(16)30-12-1-2-18-15(7-12)19(10-25-18)32(28,29)14-3-5-24-6-4-14/h1-10,25H,11H2,(H,26,27). The van der Waals surface area contributed by atoms with Crippen molar-refractivity contribution in [2.75, 3.05) is 5.75 Å². The van der Waals surface area contributed by atoms with E-state index >= 15 is 0 Å². The number of carboxylic acid groups (broad SMARTS) is 1. The van der Waals surface area contributed by atoms with E-state index in [2.05, 4.69) is 41.8 Å². The highest BCUT2D eigenvalue weighted by molar-refractivity contribution is 9.11. The number of halogens is 2. The van der Waals surface area contributed by atoms with Crippen LogP contribution in [0.5, 0.6) is 11.5 Å². The average molecular weight is 598 g/mol. The summed E-state index contributed by atoms with van der Waals surface area (Å²) in [5.41, 5.74) is 0.656. The van der Waals surface area contributed by atoms with Gasteiger partial charge in [-0.3, -0.25) is 9.78 Å². The Hall–Kier alpha value is -2.34. The van der Waals surface area contributed by atoms with Gasteiger partial charge in [0, 0.05) is 34.4 Å². The second-order valence-corrected chi connectivity index (χ2v) is 11.2. The predicted octanol–water partition coefficient (Wildman–Crippen LogP) is 5.89. The highest BCUT2D eigenvalue weighted by atomic mass is 79.9. The number of aromatic nitrogens is 2. The second-order valence-electron chi connectivity index (χ2n) is 6.55. The minimum Gasteiger partial charge on any atom is -0.481 e. The van der Waals surface area contributed by atoms with Crippen molar-refractivity contribution in [3.63, 3.8) is 0 Å². The molecule has 0 aliphatic carbocycles. The lowest BCUT2D eigenvalue weighted by molar-refractivity contribution is -0.133. The third-order valence-electron chi connectivity index (χ3n) is 4.42. The molecule has 0 aliphatic heterocycles. The molecule has 164 valence electrons. The smallest absolute Gasteiger partial charge is 0.313 e. The van der Waals surface area contributed by atoms with Crippen molar-refractivity contribution in [3.05, 3.63) is 70.0 Å². The summed E-state index contributed by atoms with van der Waals surface area (Å²) in [6.07, 6.45) is 4.33. The molecule has 0 atom stereocenters. The highest BCUT2D eigenvalue weighted by Crippen LogP contribution is 2.41. The van der Waals surface area contributed by atoms with Crippen molar-refractivity contribution in [2.24, 2.45) is 0 Å². The van der Waals surface area contributed by atoms with Crippen LogP contribution in [0.15, 0.2) is 84.7 Å². The number of hydrogen-bond acceptors (Lipinski definition) is 6. The molecule has 11 heteroatoms. The maximum atomic E-state index is 13.1. The monoisotopic (exact) mass is 596 g/mol. The number of nitrogens with one attached hydrogen (secondary N) is 1. The third kappa shape index (κ3) is 4.70. The minimum atomic E-state index is -3.74. The number of benzene rings is 2. The number of pyridine rings is 1. The zero-order chi connectivity index (χ0) is 22.9. The van der Waals surface area contributed by atoms with Crippen molar-refractivity contribution in [1.29, 1.82) is 0 Å². The quantitative estimate of drug-likeness (QED) is 0.256. The molecular weight excluding hydrogens is 584 g/mol. The molecule has 2 N–H and O–H groups in total.